The van der Waals surface area contributed by atoms with Gasteiger partial charge in [-0.2, -0.15) is 0 Å². The molecule has 1 fully saturated rings. The standard InChI is InChI=1S/C14H18ClNO2/c1-16(2)14(9-13(17)18,10-3-4-10)11-5-7-12(15)8-6-11/h5-8,10H,3-4,9H2,1-2H3,(H,17,18). The molecule has 0 spiro atoms. The topological polar surface area (TPSA) is 40.5 Å². The van der Waals surface area contributed by atoms with Crippen molar-refractivity contribution < 1.29 is 9.90 Å². The van der Waals surface area contributed by atoms with Gasteiger partial charge >= 0.3 is 5.97 Å². The van der Waals surface area contributed by atoms with E-state index in [2.05, 4.69) is 0 Å². The van der Waals surface area contributed by atoms with Gasteiger partial charge < -0.3 is 5.11 Å². The molecule has 1 unspecified atom stereocenters. The molecule has 98 valence electrons. The zero-order valence-corrected chi connectivity index (χ0v) is 11.4. The second-order valence-corrected chi connectivity index (χ2v) is 5.61. The van der Waals surface area contributed by atoms with Gasteiger partial charge in [0.15, 0.2) is 0 Å². The van der Waals surface area contributed by atoms with E-state index in [-0.39, 0.29) is 6.42 Å². The van der Waals surface area contributed by atoms with E-state index >= 15 is 0 Å². The van der Waals surface area contributed by atoms with E-state index in [1.54, 1.807) is 0 Å². The van der Waals surface area contributed by atoms with Crippen LogP contribution < -0.4 is 0 Å². The summed E-state index contributed by atoms with van der Waals surface area (Å²) in [4.78, 5) is 13.3. The van der Waals surface area contributed by atoms with E-state index in [0.29, 0.717) is 10.9 Å². The fourth-order valence-electron chi connectivity index (χ4n) is 2.79. The van der Waals surface area contributed by atoms with Crippen molar-refractivity contribution in [1.29, 1.82) is 0 Å². The lowest BCUT2D eigenvalue weighted by Gasteiger charge is -2.40. The van der Waals surface area contributed by atoms with Gasteiger partial charge in [0.05, 0.1) is 12.0 Å². The third kappa shape index (κ3) is 2.38. The number of benzene rings is 1. The van der Waals surface area contributed by atoms with Crippen LogP contribution in [0.3, 0.4) is 0 Å². The summed E-state index contributed by atoms with van der Waals surface area (Å²) in [6.45, 7) is 0. The molecule has 1 aliphatic rings. The summed E-state index contributed by atoms with van der Waals surface area (Å²) in [5, 5.41) is 9.92. The molecule has 0 saturated heterocycles. The molecule has 1 aromatic rings. The molecule has 2 rings (SSSR count). The second kappa shape index (κ2) is 4.90. The molecule has 0 aromatic heterocycles. The first kappa shape index (κ1) is 13.4. The lowest BCUT2D eigenvalue weighted by Crippen LogP contribution is -2.45. The Labute approximate surface area is 112 Å². The Morgan fingerprint density at radius 2 is 1.94 bits per heavy atom. The zero-order chi connectivity index (χ0) is 13.3. The molecule has 4 heteroatoms. The maximum atomic E-state index is 11.2. The number of carboxylic acid groups (broad SMARTS) is 1. The number of carboxylic acids is 1. The van der Waals surface area contributed by atoms with Gasteiger partial charge in [-0.3, -0.25) is 9.69 Å². The molecule has 1 atom stereocenters. The summed E-state index contributed by atoms with van der Waals surface area (Å²) in [6, 6.07) is 7.56. The Morgan fingerprint density at radius 3 is 2.33 bits per heavy atom. The third-order valence-electron chi connectivity index (χ3n) is 3.82. The Bertz CT molecular complexity index is 436. The molecule has 0 heterocycles. The van der Waals surface area contributed by atoms with Gasteiger partial charge in [0, 0.05) is 5.02 Å². The first-order valence-corrected chi connectivity index (χ1v) is 6.50. The van der Waals surface area contributed by atoms with Crippen LogP contribution in [0.1, 0.15) is 24.8 Å². The average Bonchev–Trinajstić information content (AvgIpc) is 3.10. The molecule has 0 amide bonds. The summed E-state index contributed by atoms with van der Waals surface area (Å²) in [5.74, 6) is -0.338. The first-order chi connectivity index (χ1) is 8.46. The van der Waals surface area contributed by atoms with Gasteiger partial charge in [0.2, 0.25) is 0 Å². The first-order valence-electron chi connectivity index (χ1n) is 6.12. The monoisotopic (exact) mass is 267 g/mol. The van der Waals surface area contributed by atoms with Crippen molar-refractivity contribution in [2.45, 2.75) is 24.8 Å². The van der Waals surface area contributed by atoms with Crippen LogP contribution in [0.15, 0.2) is 24.3 Å². The molecule has 1 aliphatic carbocycles. The van der Waals surface area contributed by atoms with Crippen LogP contribution in [0.5, 0.6) is 0 Å². The molecular formula is C14H18ClNO2. The molecule has 0 bridgehead atoms. The van der Waals surface area contributed by atoms with Crippen LogP contribution in [0.4, 0.5) is 0 Å². The van der Waals surface area contributed by atoms with Crippen molar-refractivity contribution >= 4 is 17.6 Å². The van der Waals surface area contributed by atoms with Crippen LogP contribution in [0.2, 0.25) is 5.02 Å². The minimum absolute atomic E-state index is 0.131. The predicted octanol–water partition coefficient (Wildman–Crippen LogP) is 2.98. The Balaban J connectivity index is 2.45. The smallest absolute Gasteiger partial charge is 0.305 e. The van der Waals surface area contributed by atoms with Gasteiger partial charge in [-0.05, 0) is 50.6 Å². The summed E-state index contributed by atoms with van der Waals surface area (Å²) >= 11 is 5.91. The highest BCUT2D eigenvalue weighted by atomic mass is 35.5. The third-order valence-corrected chi connectivity index (χ3v) is 4.07. The molecule has 1 saturated carbocycles. The normalized spacial score (nSPS) is 18.7. The van der Waals surface area contributed by atoms with Crippen LogP contribution in [0, 0.1) is 5.92 Å². The van der Waals surface area contributed by atoms with Gasteiger partial charge in [-0.15, -0.1) is 0 Å². The lowest BCUT2D eigenvalue weighted by atomic mass is 9.80. The molecule has 1 N–H and O–H groups in total. The fourth-order valence-corrected chi connectivity index (χ4v) is 2.92. The SMILES string of the molecule is CN(C)C(CC(=O)O)(c1ccc(Cl)cc1)C1CC1. The van der Waals surface area contributed by atoms with E-state index in [1.165, 1.54) is 0 Å². The number of aliphatic carboxylic acids is 1. The Morgan fingerprint density at radius 1 is 1.39 bits per heavy atom. The number of carbonyl (C=O) groups is 1. The number of halogens is 1. The molecule has 3 nitrogen and oxygen atoms in total. The number of hydrogen-bond donors (Lipinski definition) is 1. The number of hydrogen-bond acceptors (Lipinski definition) is 2. The van der Waals surface area contributed by atoms with Gasteiger partial charge in [-0.25, -0.2) is 0 Å². The summed E-state index contributed by atoms with van der Waals surface area (Å²) < 4.78 is 0. The van der Waals surface area contributed by atoms with Crippen LogP contribution in [0.25, 0.3) is 0 Å². The highest BCUT2D eigenvalue weighted by Crippen LogP contribution is 2.50. The molecule has 1 aromatic carbocycles. The maximum Gasteiger partial charge on any atom is 0.305 e. The summed E-state index contributed by atoms with van der Waals surface area (Å²) in [6.07, 6.45) is 2.31. The van der Waals surface area contributed by atoms with Crippen molar-refractivity contribution in [3.8, 4) is 0 Å². The highest BCUT2D eigenvalue weighted by molar-refractivity contribution is 6.30. The van der Waals surface area contributed by atoms with Crippen molar-refractivity contribution in [2.24, 2.45) is 5.92 Å². The highest BCUT2D eigenvalue weighted by Gasteiger charge is 2.49. The van der Waals surface area contributed by atoms with Crippen molar-refractivity contribution in [3.63, 3.8) is 0 Å². The van der Waals surface area contributed by atoms with E-state index in [1.807, 2.05) is 43.3 Å². The van der Waals surface area contributed by atoms with Crippen LogP contribution >= 0.6 is 11.6 Å². The predicted molar refractivity (Wildman–Crippen MR) is 71.8 cm³/mol. The maximum absolute atomic E-state index is 11.2. The average molecular weight is 268 g/mol. The van der Waals surface area contributed by atoms with Gasteiger partial charge in [0.1, 0.15) is 0 Å². The summed E-state index contributed by atoms with van der Waals surface area (Å²) in [5.41, 5.74) is 0.637. The van der Waals surface area contributed by atoms with E-state index in [4.69, 9.17) is 11.6 Å². The molecule has 18 heavy (non-hydrogen) atoms. The van der Waals surface area contributed by atoms with Gasteiger partial charge in [-0.1, -0.05) is 23.7 Å². The lowest BCUT2D eigenvalue weighted by molar-refractivity contribution is -0.140. The molecule has 0 radical (unpaired) electrons. The van der Waals surface area contributed by atoms with E-state index in [0.717, 1.165) is 18.4 Å². The van der Waals surface area contributed by atoms with E-state index in [9.17, 15) is 9.90 Å². The quantitative estimate of drug-likeness (QED) is 0.892. The second-order valence-electron chi connectivity index (χ2n) is 5.17. The van der Waals surface area contributed by atoms with Crippen LogP contribution in [-0.2, 0) is 10.3 Å². The molecular weight excluding hydrogens is 250 g/mol. The fraction of sp³-hybridized carbons (Fsp3) is 0.500. The minimum atomic E-state index is -0.759. The van der Waals surface area contributed by atoms with Gasteiger partial charge in [0.25, 0.3) is 0 Å². The van der Waals surface area contributed by atoms with E-state index < -0.39 is 11.5 Å². The number of rotatable bonds is 5. The zero-order valence-electron chi connectivity index (χ0n) is 10.7. The minimum Gasteiger partial charge on any atom is -0.481 e. The van der Waals surface area contributed by atoms with Crippen LogP contribution in [-0.4, -0.2) is 30.1 Å². The Kier molecular flexibility index (Phi) is 3.64. The van der Waals surface area contributed by atoms with Crippen molar-refractivity contribution in [2.75, 3.05) is 14.1 Å². The Hall–Kier alpha value is -1.06. The molecule has 0 aliphatic heterocycles. The van der Waals surface area contributed by atoms with Crippen molar-refractivity contribution in [3.05, 3.63) is 34.9 Å². The number of nitrogens with zero attached hydrogens (tertiary/aromatic N) is 1. The largest absolute Gasteiger partial charge is 0.481 e. The summed E-state index contributed by atoms with van der Waals surface area (Å²) in [7, 11) is 3.91. The van der Waals surface area contributed by atoms with Crippen molar-refractivity contribution in [1.82, 2.24) is 4.90 Å².